The number of hydrogen-bond donors (Lipinski definition) is 1. The summed E-state index contributed by atoms with van der Waals surface area (Å²) in [5.41, 5.74) is 1.28. The summed E-state index contributed by atoms with van der Waals surface area (Å²) in [4.78, 5) is 8.20. The predicted molar refractivity (Wildman–Crippen MR) is 43.4 cm³/mol. The molecule has 12 heavy (non-hydrogen) atoms. The number of nitrogens with zero attached hydrogens (tertiary/aromatic N) is 4. The lowest BCUT2D eigenvalue weighted by Crippen LogP contribution is -1.92. The van der Waals surface area contributed by atoms with Gasteiger partial charge in [0.25, 0.3) is 0 Å². The molecule has 0 saturated carbocycles. The van der Waals surface area contributed by atoms with Crippen LogP contribution >= 0.6 is 0 Å². The predicted octanol–water partition coefficient (Wildman–Crippen LogP) is 0.476. The average Bonchev–Trinajstić information content (AvgIpc) is 2.51. The molecule has 5 nitrogen and oxygen atoms in total. The van der Waals surface area contributed by atoms with Crippen LogP contribution in [0.4, 0.5) is 0 Å². The van der Waals surface area contributed by atoms with Crippen molar-refractivity contribution in [3.8, 4) is 0 Å². The van der Waals surface area contributed by atoms with Crippen LogP contribution in [0.15, 0.2) is 18.9 Å². The van der Waals surface area contributed by atoms with Crippen LogP contribution in [0, 0.1) is 0 Å². The number of nitrogens with one attached hydrogen (secondary N) is 1. The SMILES string of the molecule is C=CCc1ncc2n[nH]nc2n1. The minimum absolute atomic E-state index is 0.599. The summed E-state index contributed by atoms with van der Waals surface area (Å²) in [6, 6.07) is 0. The van der Waals surface area contributed by atoms with Gasteiger partial charge >= 0.3 is 0 Å². The van der Waals surface area contributed by atoms with Gasteiger partial charge in [0.05, 0.1) is 6.20 Å². The van der Waals surface area contributed by atoms with Crippen LogP contribution < -0.4 is 0 Å². The summed E-state index contributed by atoms with van der Waals surface area (Å²) in [7, 11) is 0. The van der Waals surface area contributed by atoms with Crippen LogP contribution in [0.2, 0.25) is 0 Å². The van der Waals surface area contributed by atoms with Crippen LogP contribution in [0.1, 0.15) is 5.82 Å². The third kappa shape index (κ3) is 1.05. The van der Waals surface area contributed by atoms with E-state index in [2.05, 4.69) is 32.0 Å². The van der Waals surface area contributed by atoms with Crippen molar-refractivity contribution in [1.29, 1.82) is 0 Å². The molecule has 0 radical (unpaired) electrons. The number of aromatic amines is 1. The minimum atomic E-state index is 0.599. The van der Waals surface area contributed by atoms with Gasteiger partial charge in [0.2, 0.25) is 5.65 Å². The van der Waals surface area contributed by atoms with Gasteiger partial charge in [-0.05, 0) is 0 Å². The molecule has 0 aliphatic carbocycles. The van der Waals surface area contributed by atoms with Crippen molar-refractivity contribution in [2.75, 3.05) is 0 Å². The van der Waals surface area contributed by atoms with Crippen molar-refractivity contribution in [1.82, 2.24) is 25.4 Å². The molecule has 2 aromatic heterocycles. The molecule has 0 saturated heterocycles. The molecular formula is C7H7N5. The standard InChI is InChI=1S/C7H7N5/c1-2-3-6-8-4-5-7(9-6)11-12-10-5/h2,4H,1,3H2,(H,8,9,10,11,12). The van der Waals surface area contributed by atoms with E-state index in [1.807, 2.05) is 0 Å². The lowest BCUT2D eigenvalue weighted by molar-refractivity contribution is 0.950. The molecule has 1 N–H and O–H groups in total. The number of aromatic nitrogens is 5. The first-order valence-electron chi connectivity index (χ1n) is 3.53. The van der Waals surface area contributed by atoms with Crippen molar-refractivity contribution < 1.29 is 0 Å². The van der Waals surface area contributed by atoms with E-state index < -0.39 is 0 Å². The fourth-order valence-electron chi connectivity index (χ4n) is 0.917. The summed E-state index contributed by atoms with van der Waals surface area (Å²) in [6.45, 7) is 3.60. The van der Waals surface area contributed by atoms with Crippen molar-refractivity contribution >= 4 is 11.2 Å². The Balaban J connectivity index is 2.52. The number of hydrogen-bond acceptors (Lipinski definition) is 4. The summed E-state index contributed by atoms with van der Waals surface area (Å²) in [5, 5.41) is 10.2. The highest BCUT2D eigenvalue weighted by Crippen LogP contribution is 2.02. The fraction of sp³-hybridized carbons (Fsp3) is 0.143. The lowest BCUT2D eigenvalue weighted by Gasteiger charge is -1.91. The van der Waals surface area contributed by atoms with E-state index in [9.17, 15) is 0 Å². The molecule has 0 aromatic carbocycles. The molecule has 2 rings (SSSR count). The maximum atomic E-state index is 4.14. The van der Waals surface area contributed by atoms with E-state index >= 15 is 0 Å². The number of fused-ring (bicyclic) bond motifs is 1. The summed E-state index contributed by atoms with van der Waals surface area (Å²) in [6.07, 6.45) is 4.05. The van der Waals surface area contributed by atoms with E-state index in [4.69, 9.17) is 0 Å². The van der Waals surface area contributed by atoms with Gasteiger partial charge in [0, 0.05) is 6.42 Å². The monoisotopic (exact) mass is 161 g/mol. The van der Waals surface area contributed by atoms with E-state index in [-0.39, 0.29) is 0 Å². The number of allylic oxidation sites excluding steroid dienone is 1. The van der Waals surface area contributed by atoms with Gasteiger partial charge in [0.1, 0.15) is 11.3 Å². The summed E-state index contributed by atoms with van der Waals surface area (Å²) < 4.78 is 0. The Morgan fingerprint density at radius 1 is 1.50 bits per heavy atom. The molecule has 0 atom stereocenters. The van der Waals surface area contributed by atoms with Gasteiger partial charge in [-0.1, -0.05) is 6.08 Å². The van der Waals surface area contributed by atoms with Crippen molar-refractivity contribution in [3.63, 3.8) is 0 Å². The van der Waals surface area contributed by atoms with Gasteiger partial charge in [-0.2, -0.15) is 10.3 Å². The minimum Gasteiger partial charge on any atom is -0.239 e. The lowest BCUT2D eigenvalue weighted by atomic mass is 10.4. The molecule has 2 heterocycles. The third-order valence-corrected chi connectivity index (χ3v) is 1.45. The van der Waals surface area contributed by atoms with Gasteiger partial charge in [-0.3, -0.25) is 0 Å². The topological polar surface area (TPSA) is 67.3 Å². The van der Waals surface area contributed by atoms with Crippen LogP contribution in [0.5, 0.6) is 0 Å². The van der Waals surface area contributed by atoms with Crippen LogP contribution in [-0.2, 0) is 6.42 Å². The van der Waals surface area contributed by atoms with Crippen molar-refractivity contribution in [2.45, 2.75) is 6.42 Å². The van der Waals surface area contributed by atoms with Gasteiger partial charge in [-0.15, -0.1) is 11.7 Å². The molecule has 0 fully saturated rings. The maximum Gasteiger partial charge on any atom is 0.204 e. The maximum absolute atomic E-state index is 4.14. The van der Waals surface area contributed by atoms with Crippen LogP contribution in [-0.4, -0.2) is 25.4 Å². The molecule has 0 unspecified atom stereocenters. The molecule has 2 aromatic rings. The Hall–Kier alpha value is -1.78. The molecule has 0 spiro atoms. The van der Waals surface area contributed by atoms with Gasteiger partial charge in [0.15, 0.2) is 0 Å². The first kappa shape index (κ1) is 6.90. The summed E-state index contributed by atoms with van der Waals surface area (Å²) >= 11 is 0. The fourth-order valence-corrected chi connectivity index (χ4v) is 0.917. The van der Waals surface area contributed by atoms with E-state index in [0.29, 0.717) is 23.4 Å². The van der Waals surface area contributed by atoms with Crippen molar-refractivity contribution in [3.05, 3.63) is 24.7 Å². The highest BCUT2D eigenvalue weighted by Gasteiger charge is 2.00. The van der Waals surface area contributed by atoms with Crippen molar-refractivity contribution in [2.24, 2.45) is 0 Å². The average molecular weight is 161 g/mol. The van der Waals surface area contributed by atoms with Gasteiger partial charge < -0.3 is 0 Å². The highest BCUT2D eigenvalue weighted by atomic mass is 15.3. The van der Waals surface area contributed by atoms with Crippen LogP contribution in [0.25, 0.3) is 11.2 Å². The molecule has 0 bridgehead atoms. The summed E-state index contributed by atoms with van der Waals surface area (Å²) in [5.74, 6) is 0.714. The second kappa shape index (κ2) is 2.69. The smallest absolute Gasteiger partial charge is 0.204 e. The Morgan fingerprint density at radius 2 is 2.42 bits per heavy atom. The largest absolute Gasteiger partial charge is 0.239 e. The van der Waals surface area contributed by atoms with Crippen LogP contribution in [0.3, 0.4) is 0 Å². The number of H-pyrrole nitrogens is 1. The van der Waals surface area contributed by atoms with E-state index in [1.165, 1.54) is 0 Å². The van der Waals surface area contributed by atoms with Gasteiger partial charge in [-0.25, -0.2) is 9.97 Å². The first-order chi connectivity index (χ1) is 5.90. The van der Waals surface area contributed by atoms with E-state index in [0.717, 1.165) is 0 Å². The Morgan fingerprint density at radius 3 is 3.25 bits per heavy atom. The zero-order chi connectivity index (χ0) is 8.39. The highest BCUT2D eigenvalue weighted by molar-refractivity contribution is 5.66. The second-order valence-corrected chi connectivity index (χ2v) is 2.31. The Labute approximate surface area is 68.5 Å². The Bertz CT molecular complexity index is 405. The van der Waals surface area contributed by atoms with E-state index in [1.54, 1.807) is 12.3 Å². The molecule has 0 amide bonds. The molecule has 5 heteroatoms. The zero-order valence-electron chi connectivity index (χ0n) is 6.36. The normalized spacial score (nSPS) is 10.3. The first-order valence-corrected chi connectivity index (χ1v) is 3.53. The molecule has 60 valence electrons. The molecule has 0 aliphatic rings. The quantitative estimate of drug-likeness (QED) is 0.650. The zero-order valence-corrected chi connectivity index (χ0v) is 6.36. The Kier molecular flexibility index (Phi) is 1.55. The molecular weight excluding hydrogens is 154 g/mol. The second-order valence-electron chi connectivity index (χ2n) is 2.31. The number of rotatable bonds is 2. The molecule has 0 aliphatic heterocycles. The third-order valence-electron chi connectivity index (χ3n) is 1.45.